The lowest BCUT2D eigenvalue weighted by atomic mass is 9.97. The van der Waals surface area contributed by atoms with Crippen LogP contribution in [0.5, 0.6) is 0 Å². The zero-order valence-corrected chi connectivity index (χ0v) is 12.9. The minimum atomic E-state index is -1.68. The van der Waals surface area contributed by atoms with Crippen molar-refractivity contribution in [2.45, 2.75) is 60.6 Å². The Morgan fingerprint density at radius 3 is 1.91 bits per heavy atom. The van der Waals surface area contributed by atoms with Crippen molar-refractivity contribution in [3.63, 3.8) is 0 Å². The van der Waals surface area contributed by atoms with Crippen LogP contribution in [0.4, 0.5) is 0 Å². The van der Waals surface area contributed by atoms with E-state index in [2.05, 4.69) is 12.6 Å². The van der Waals surface area contributed by atoms with E-state index in [1.807, 2.05) is 0 Å². The first kappa shape index (κ1) is 19.3. The van der Waals surface area contributed by atoms with Gasteiger partial charge in [-0.25, -0.2) is 0 Å². The largest absolute Gasteiger partial charge is 0.394 e. The maximum Gasteiger partial charge on any atom is 0.187 e. The van der Waals surface area contributed by atoms with Gasteiger partial charge in [0.15, 0.2) is 6.29 Å². The molecular formula is C12H22O10S. The van der Waals surface area contributed by atoms with Crippen molar-refractivity contribution in [1.82, 2.24) is 0 Å². The van der Waals surface area contributed by atoms with Gasteiger partial charge in [0.05, 0.1) is 13.2 Å². The maximum atomic E-state index is 10.1. The second-order valence-corrected chi connectivity index (χ2v) is 6.04. The van der Waals surface area contributed by atoms with Crippen LogP contribution in [0.2, 0.25) is 0 Å². The molecule has 0 amide bonds. The lowest BCUT2D eigenvalue weighted by molar-refractivity contribution is -0.338. The molecule has 2 saturated heterocycles. The Bertz CT molecular complexity index is 383. The molecule has 2 heterocycles. The smallest absolute Gasteiger partial charge is 0.187 e. The highest BCUT2D eigenvalue weighted by Crippen LogP contribution is 2.29. The minimum Gasteiger partial charge on any atom is -0.394 e. The van der Waals surface area contributed by atoms with Gasteiger partial charge in [-0.2, -0.15) is 0 Å². The van der Waals surface area contributed by atoms with Crippen molar-refractivity contribution < 1.29 is 50.0 Å². The number of thiol groups is 1. The molecule has 0 aliphatic carbocycles. The van der Waals surface area contributed by atoms with Crippen LogP contribution in [0, 0.1) is 0 Å². The first-order chi connectivity index (χ1) is 10.8. The third-order valence-electron chi connectivity index (χ3n) is 3.98. The monoisotopic (exact) mass is 358 g/mol. The van der Waals surface area contributed by atoms with Crippen LogP contribution < -0.4 is 0 Å². The van der Waals surface area contributed by atoms with E-state index in [4.69, 9.17) is 19.3 Å². The molecule has 10 nitrogen and oxygen atoms in total. The molecule has 136 valence electrons. The molecule has 23 heavy (non-hydrogen) atoms. The zero-order valence-electron chi connectivity index (χ0n) is 12.0. The summed E-state index contributed by atoms with van der Waals surface area (Å²) in [6.45, 7) is -1.21. The fourth-order valence-corrected chi connectivity index (χ4v) is 2.90. The minimum absolute atomic E-state index is 0.567. The fourth-order valence-electron chi connectivity index (χ4n) is 2.57. The van der Waals surface area contributed by atoms with Gasteiger partial charge >= 0.3 is 0 Å². The summed E-state index contributed by atoms with van der Waals surface area (Å²) in [6, 6.07) is 0. The van der Waals surface area contributed by atoms with E-state index in [1.165, 1.54) is 0 Å². The summed E-state index contributed by atoms with van der Waals surface area (Å²) in [4.78, 5) is 0. The highest BCUT2D eigenvalue weighted by Gasteiger charge is 2.49. The molecule has 0 aromatic carbocycles. The van der Waals surface area contributed by atoms with Gasteiger partial charge in [-0.15, -0.1) is 12.6 Å². The normalized spacial score (nSPS) is 51.7. The van der Waals surface area contributed by atoms with Crippen LogP contribution in [0.1, 0.15) is 0 Å². The third-order valence-corrected chi connectivity index (χ3v) is 4.41. The number of hydrogen-bond donors (Lipinski definition) is 8. The summed E-state index contributed by atoms with van der Waals surface area (Å²) in [7, 11) is 0. The average Bonchev–Trinajstić information content (AvgIpc) is 2.55. The molecule has 11 heteroatoms. The second kappa shape index (κ2) is 7.89. The molecule has 2 fully saturated rings. The quantitative estimate of drug-likeness (QED) is 0.229. The van der Waals surface area contributed by atoms with Gasteiger partial charge in [0.1, 0.15) is 54.3 Å². The molecule has 0 saturated carbocycles. The number of aliphatic hydroxyl groups is 7. The van der Waals surface area contributed by atoms with Crippen LogP contribution >= 0.6 is 12.6 Å². The van der Waals surface area contributed by atoms with E-state index in [-0.39, 0.29) is 0 Å². The summed E-state index contributed by atoms with van der Waals surface area (Å²) in [6.07, 6.45) is -12.9. The van der Waals surface area contributed by atoms with Crippen molar-refractivity contribution in [2.24, 2.45) is 0 Å². The van der Waals surface area contributed by atoms with E-state index in [9.17, 15) is 30.6 Å². The summed E-state index contributed by atoms with van der Waals surface area (Å²) in [5.41, 5.74) is -1.04. The number of hydrogen-bond acceptors (Lipinski definition) is 11. The van der Waals surface area contributed by atoms with E-state index in [0.717, 1.165) is 0 Å². The molecule has 2 aliphatic heterocycles. The Labute approximate surface area is 137 Å². The molecule has 0 bridgehead atoms. The Balaban J connectivity index is 2.11. The molecule has 0 spiro atoms. The zero-order chi connectivity index (χ0) is 17.3. The third kappa shape index (κ3) is 3.80. The Kier molecular flexibility index (Phi) is 6.61. The highest BCUT2D eigenvalue weighted by atomic mass is 32.1. The predicted molar refractivity (Wildman–Crippen MR) is 75.4 cm³/mol. The van der Waals surface area contributed by atoms with Crippen molar-refractivity contribution in [1.29, 1.82) is 0 Å². The van der Waals surface area contributed by atoms with Gasteiger partial charge in [0.25, 0.3) is 0 Å². The number of aliphatic hydroxyl groups excluding tert-OH is 7. The Morgan fingerprint density at radius 1 is 0.739 bits per heavy atom. The van der Waals surface area contributed by atoms with Crippen molar-refractivity contribution >= 4 is 12.6 Å². The molecular weight excluding hydrogens is 336 g/mol. The number of ether oxygens (including phenoxy) is 3. The van der Waals surface area contributed by atoms with Gasteiger partial charge in [-0.05, 0) is 0 Å². The van der Waals surface area contributed by atoms with Gasteiger partial charge in [-0.3, -0.25) is 0 Å². The average molecular weight is 358 g/mol. The standard InChI is InChI=1S/C12H22O10S/c13-1-3-5(15)6(16)8(18)11(20-3)22-10-4(2-14)21-12(23)9(19)7(10)17/h3-19,23H,1-2H2/t3-,4-,5+,6-,7-,8-,9+,10+,11-,12+/m0/s1. The van der Waals surface area contributed by atoms with Crippen LogP contribution in [-0.2, 0) is 14.2 Å². The van der Waals surface area contributed by atoms with Crippen LogP contribution in [-0.4, -0.2) is 110 Å². The topological polar surface area (TPSA) is 169 Å². The van der Waals surface area contributed by atoms with Crippen LogP contribution in [0.15, 0.2) is 0 Å². The van der Waals surface area contributed by atoms with E-state index in [0.29, 0.717) is 0 Å². The molecule has 10 atom stereocenters. The Morgan fingerprint density at radius 2 is 1.35 bits per heavy atom. The van der Waals surface area contributed by atoms with Gasteiger partial charge < -0.3 is 50.0 Å². The summed E-state index contributed by atoms with van der Waals surface area (Å²) in [5.74, 6) is 0. The maximum absolute atomic E-state index is 10.1. The predicted octanol–water partition coefficient (Wildman–Crippen LogP) is -4.46. The van der Waals surface area contributed by atoms with E-state index < -0.39 is 73.8 Å². The Hall–Kier alpha value is -0.0500. The summed E-state index contributed by atoms with van der Waals surface area (Å²) < 4.78 is 15.7. The van der Waals surface area contributed by atoms with Gasteiger partial charge in [0, 0.05) is 0 Å². The van der Waals surface area contributed by atoms with Crippen LogP contribution in [0.3, 0.4) is 0 Å². The SMILES string of the molecule is OC[C@@H]1O[C@@H](O[C@H]2[C@@H](O)[C@@H](O)[C@@H](S)O[C@H]2CO)[C@@H](O)[C@@H](O)[C@@H]1O. The van der Waals surface area contributed by atoms with E-state index in [1.54, 1.807) is 0 Å². The van der Waals surface area contributed by atoms with Crippen molar-refractivity contribution in [3.05, 3.63) is 0 Å². The fraction of sp³-hybridized carbons (Fsp3) is 1.00. The lowest BCUT2D eigenvalue weighted by Crippen LogP contribution is -2.63. The molecule has 0 radical (unpaired) electrons. The molecule has 7 N–H and O–H groups in total. The van der Waals surface area contributed by atoms with Crippen molar-refractivity contribution in [3.8, 4) is 0 Å². The summed E-state index contributed by atoms with van der Waals surface area (Å²) in [5, 5.41) is 67.6. The van der Waals surface area contributed by atoms with Crippen molar-refractivity contribution in [2.75, 3.05) is 13.2 Å². The molecule has 0 aromatic heterocycles. The lowest BCUT2D eigenvalue weighted by Gasteiger charge is -2.45. The highest BCUT2D eigenvalue weighted by molar-refractivity contribution is 7.80. The van der Waals surface area contributed by atoms with Crippen LogP contribution in [0.25, 0.3) is 0 Å². The molecule has 0 unspecified atom stereocenters. The second-order valence-electron chi connectivity index (χ2n) is 5.53. The first-order valence-electron chi connectivity index (χ1n) is 7.08. The van der Waals surface area contributed by atoms with Gasteiger partial charge in [-0.1, -0.05) is 0 Å². The van der Waals surface area contributed by atoms with Gasteiger partial charge in [0.2, 0.25) is 0 Å². The number of rotatable bonds is 4. The molecule has 2 rings (SSSR count). The molecule has 2 aliphatic rings. The summed E-state index contributed by atoms with van der Waals surface area (Å²) >= 11 is 3.92. The van der Waals surface area contributed by atoms with E-state index >= 15 is 0 Å². The molecule has 0 aromatic rings. The first-order valence-corrected chi connectivity index (χ1v) is 7.60.